The Labute approximate surface area is 104 Å². The van der Waals surface area contributed by atoms with Crippen molar-refractivity contribution < 1.29 is 4.79 Å². The summed E-state index contributed by atoms with van der Waals surface area (Å²) in [6.07, 6.45) is 6.54. The number of rotatable bonds is 4. The van der Waals surface area contributed by atoms with Crippen molar-refractivity contribution in [3.05, 3.63) is 42.2 Å². The monoisotopic (exact) mass is 246 g/mol. The molecule has 0 aromatic carbocycles. The maximum atomic E-state index is 12.0. The molecular formula is C11H14N6O. The smallest absolute Gasteiger partial charge is 0.253 e. The van der Waals surface area contributed by atoms with Gasteiger partial charge in [0.2, 0.25) is 0 Å². The number of nitrogens with zero attached hydrogens (tertiary/aromatic N) is 3. The standard InChI is InChI=1S/C11H14N6O/c1-17-5-4-14-10(17)7-15-11(18)8-2-3-13-6-9(8)16-12/h2-6,16H,7,12H2,1H3,(H,15,18). The van der Waals surface area contributed by atoms with Crippen LogP contribution in [0.4, 0.5) is 5.69 Å². The molecule has 0 fully saturated rings. The van der Waals surface area contributed by atoms with Crippen LogP contribution < -0.4 is 16.6 Å². The molecule has 0 radical (unpaired) electrons. The molecule has 94 valence electrons. The van der Waals surface area contributed by atoms with Crippen molar-refractivity contribution in [2.45, 2.75) is 6.54 Å². The summed E-state index contributed by atoms with van der Waals surface area (Å²) in [5.74, 6) is 5.87. The molecule has 0 atom stereocenters. The zero-order chi connectivity index (χ0) is 13.0. The number of aromatic nitrogens is 3. The molecule has 0 spiro atoms. The molecule has 2 aromatic heterocycles. The van der Waals surface area contributed by atoms with E-state index in [0.29, 0.717) is 17.8 Å². The molecule has 0 aliphatic rings. The third kappa shape index (κ3) is 2.46. The Morgan fingerprint density at radius 2 is 2.33 bits per heavy atom. The van der Waals surface area contributed by atoms with Crippen LogP contribution in [-0.4, -0.2) is 20.4 Å². The first-order valence-electron chi connectivity index (χ1n) is 5.37. The molecule has 0 saturated heterocycles. The van der Waals surface area contributed by atoms with Gasteiger partial charge in [-0.05, 0) is 6.07 Å². The van der Waals surface area contributed by atoms with Gasteiger partial charge in [0, 0.05) is 25.6 Å². The third-order valence-electron chi connectivity index (χ3n) is 2.55. The van der Waals surface area contributed by atoms with E-state index >= 15 is 0 Å². The Hall–Kier alpha value is -2.41. The highest BCUT2D eigenvalue weighted by Crippen LogP contribution is 2.11. The van der Waals surface area contributed by atoms with Gasteiger partial charge in [-0.15, -0.1) is 0 Å². The first-order valence-corrected chi connectivity index (χ1v) is 5.37. The summed E-state index contributed by atoms with van der Waals surface area (Å²) in [5, 5.41) is 2.77. The van der Waals surface area contributed by atoms with Crippen molar-refractivity contribution in [3.8, 4) is 0 Å². The highest BCUT2D eigenvalue weighted by atomic mass is 16.1. The van der Waals surface area contributed by atoms with Crippen molar-refractivity contribution in [1.82, 2.24) is 19.9 Å². The minimum Gasteiger partial charge on any atom is -0.345 e. The molecule has 2 rings (SSSR count). The Kier molecular flexibility index (Phi) is 3.54. The van der Waals surface area contributed by atoms with Crippen molar-refractivity contribution in [2.24, 2.45) is 12.9 Å². The van der Waals surface area contributed by atoms with Crippen LogP contribution in [0.2, 0.25) is 0 Å². The second-order valence-electron chi connectivity index (χ2n) is 3.70. The molecule has 4 N–H and O–H groups in total. The van der Waals surface area contributed by atoms with Crippen LogP contribution in [0.1, 0.15) is 16.2 Å². The van der Waals surface area contributed by atoms with Gasteiger partial charge in [-0.25, -0.2) is 4.98 Å². The fourth-order valence-corrected chi connectivity index (χ4v) is 1.53. The third-order valence-corrected chi connectivity index (χ3v) is 2.55. The van der Waals surface area contributed by atoms with Crippen LogP contribution in [0, 0.1) is 0 Å². The number of aryl methyl sites for hydroxylation is 1. The number of carbonyl (C=O) groups excluding carboxylic acids is 1. The van der Waals surface area contributed by atoms with Gasteiger partial charge in [0.05, 0.1) is 24.0 Å². The number of nitrogen functional groups attached to an aromatic ring is 1. The minimum absolute atomic E-state index is 0.228. The van der Waals surface area contributed by atoms with Crippen molar-refractivity contribution in [1.29, 1.82) is 0 Å². The lowest BCUT2D eigenvalue weighted by molar-refractivity contribution is 0.0950. The number of imidazole rings is 1. The number of hydrogen-bond donors (Lipinski definition) is 3. The summed E-state index contributed by atoms with van der Waals surface area (Å²) >= 11 is 0. The highest BCUT2D eigenvalue weighted by Gasteiger charge is 2.11. The topological polar surface area (TPSA) is 97.9 Å². The number of nitrogens with two attached hydrogens (primary N) is 1. The molecule has 2 heterocycles. The molecule has 0 bridgehead atoms. The fourth-order valence-electron chi connectivity index (χ4n) is 1.53. The lowest BCUT2D eigenvalue weighted by Gasteiger charge is -2.08. The molecule has 1 amide bonds. The first-order chi connectivity index (χ1) is 8.72. The molecule has 2 aromatic rings. The van der Waals surface area contributed by atoms with Crippen LogP contribution in [0.25, 0.3) is 0 Å². The van der Waals surface area contributed by atoms with Gasteiger partial charge in [0.1, 0.15) is 5.82 Å². The van der Waals surface area contributed by atoms with E-state index in [9.17, 15) is 4.79 Å². The number of carbonyl (C=O) groups is 1. The van der Waals surface area contributed by atoms with Crippen molar-refractivity contribution >= 4 is 11.6 Å². The maximum Gasteiger partial charge on any atom is 0.253 e. The molecule has 0 unspecified atom stereocenters. The van der Waals surface area contributed by atoms with E-state index in [-0.39, 0.29) is 5.91 Å². The fraction of sp³-hybridized carbons (Fsp3) is 0.182. The van der Waals surface area contributed by atoms with Gasteiger partial charge in [0.15, 0.2) is 0 Å². The largest absolute Gasteiger partial charge is 0.345 e. The van der Waals surface area contributed by atoms with E-state index in [0.717, 1.165) is 5.82 Å². The van der Waals surface area contributed by atoms with E-state index in [4.69, 9.17) is 5.84 Å². The number of hydrazine groups is 1. The van der Waals surface area contributed by atoms with Crippen LogP contribution in [0.15, 0.2) is 30.9 Å². The van der Waals surface area contributed by atoms with Gasteiger partial charge < -0.3 is 15.3 Å². The van der Waals surface area contributed by atoms with Gasteiger partial charge in [-0.3, -0.25) is 15.6 Å². The average Bonchev–Trinajstić information content (AvgIpc) is 2.81. The summed E-state index contributed by atoms with van der Waals surface area (Å²) in [6.45, 7) is 0.356. The number of anilines is 1. The Balaban J connectivity index is 2.06. The molecule has 18 heavy (non-hydrogen) atoms. The predicted molar refractivity (Wildman–Crippen MR) is 66.4 cm³/mol. The quantitative estimate of drug-likeness (QED) is 0.522. The average molecular weight is 246 g/mol. The lowest BCUT2D eigenvalue weighted by atomic mass is 10.2. The summed E-state index contributed by atoms with van der Waals surface area (Å²) in [5.41, 5.74) is 3.36. The Morgan fingerprint density at radius 1 is 1.50 bits per heavy atom. The number of pyridine rings is 1. The minimum atomic E-state index is -0.228. The van der Waals surface area contributed by atoms with Gasteiger partial charge in [-0.1, -0.05) is 0 Å². The van der Waals surface area contributed by atoms with Gasteiger partial charge in [-0.2, -0.15) is 0 Å². The molecular weight excluding hydrogens is 232 g/mol. The lowest BCUT2D eigenvalue weighted by Crippen LogP contribution is -2.26. The second-order valence-corrected chi connectivity index (χ2v) is 3.70. The predicted octanol–water partition coefficient (Wildman–Crippen LogP) is 0.0307. The summed E-state index contributed by atoms with van der Waals surface area (Å²) in [6, 6.07) is 1.60. The summed E-state index contributed by atoms with van der Waals surface area (Å²) in [7, 11) is 1.87. The summed E-state index contributed by atoms with van der Waals surface area (Å²) in [4.78, 5) is 20.0. The molecule has 7 heteroatoms. The molecule has 0 aliphatic heterocycles. The van der Waals surface area contributed by atoms with E-state index in [2.05, 4.69) is 20.7 Å². The van der Waals surface area contributed by atoms with Gasteiger partial charge in [0.25, 0.3) is 5.91 Å². The van der Waals surface area contributed by atoms with Crippen molar-refractivity contribution in [3.63, 3.8) is 0 Å². The second kappa shape index (κ2) is 5.28. The number of hydrogen-bond acceptors (Lipinski definition) is 5. The zero-order valence-electron chi connectivity index (χ0n) is 9.92. The Morgan fingerprint density at radius 3 is 3.00 bits per heavy atom. The SMILES string of the molecule is Cn1ccnc1CNC(=O)c1ccncc1NN. The molecule has 0 aliphatic carbocycles. The number of amides is 1. The van der Waals surface area contributed by atoms with Crippen LogP contribution in [-0.2, 0) is 13.6 Å². The van der Waals surface area contributed by atoms with Crippen LogP contribution in [0.3, 0.4) is 0 Å². The van der Waals surface area contributed by atoms with Gasteiger partial charge >= 0.3 is 0 Å². The summed E-state index contributed by atoms with van der Waals surface area (Å²) < 4.78 is 1.84. The van der Waals surface area contributed by atoms with E-state index < -0.39 is 0 Å². The van der Waals surface area contributed by atoms with E-state index in [1.165, 1.54) is 12.4 Å². The van der Waals surface area contributed by atoms with E-state index in [1.807, 2.05) is 17.8 Å². The molecule has 7 nitrogen and oxygen atoms in total. The number of nitrogens with one attached hydrogen (secondary N) is 2. The molecule has 0 saturated carbocycles. The highest BCUT2D eigenvalue weighted by molar-refractivity contribution is 5.99. The maximum absolute atomic E-state index is 12.0. The zero-order valence-corrected chi connectivity index (χ0v) is 9.92. The Bertz CT molecular complexity index is 550. The first kappa shape index (κ1) is 12.1. The normalized spacial score (nSPS) is 10.1. The van der Waals surface area contributed by atoms with Crippen LogP contribution >= 0.6 is 0 Å². The van der Waals surface area contributed by atoms with E-state index in [1.54, 1.807) is 12.3 Å². The van der Waals surface area contributed by atoms with Crippen molar-refractivity contribution in [2.75, 3.05) is 5.43 Å². The van der Waals surface area contributed by atoms with Crippen LogP contribution in [0.5, 0.6) is 0 Å².